The van der Waals surface area contributed by atoms with Crippen LogP contribution in [0.2, 0.25) is 0 Å². The summed E-state index contributed by atoms with van der Waals surface area (Å²) in [4.78, 5) is 2.20. The van der Waals surface area contributed by atoms with Crippen LogP contribution in [0.3, 0.4) is 0 Å². The zero-order chi connectivity index (χ0) is 12.1. The highest BCUT2D eigenvalue weighted by atomic mass is 19.1. The summed E-state index contributed by atoms with van der Waals surface area (Å²) in [5, 5.41) is 3.31. The van der Waals surface area contributed by atoms with Gasteiger partial charge in [-0.3, -0.25) is 4.90 Å². The van der Waals surface area contributed by atoms with E-state index in [0.717, 1.165) is 38.3 Å². The highest BCUT2D eigenvalue weighted by molar-refractivity contribution is 5.15. The standard InChI is InChI=1S/C13H19FN2O/c1-16(10-13-8-15-6-7-17-13)9-11-2-4-12(14)5-3-11/h2-5,13,15H,6-10H2,1H3. The van der Waals surface area contributed by atoms with E-state index in [2.05, 4.69) is 17.3 Å². The molecule has 1 atom stereocenters. The SMILES string of the molecule is CN(Cc1ccc(F)cc1)CC1CNCCO1. The van der Waals surface area contributed by atoms with E-state index in [-0.39, 0.29) is 11.9 Å². The molecule has 1 aromatic rings. The average Bonchev–Trinajstić information content (AvgIpc) is 2.33. The summed E-state index contributed by atoms with van der Waals surface area (Å²) in [6.07, 6.45) is 0.259. The molecular formula is C13H19FN2O. The molecule has 0 radical (unpaired) electrons. The van der Waals surface area contributed by atoms with E-state index in [9.17, 15) is 4.39 Å². The summed E-state index contributed by atoms with van der Waals surface area (Å²) >= 11 is 0. The first-order valence-electron chi connectivity index (χ1n) is 5.99. The molecule has 1 saturated heterocycles. The highest BCUT2D eigenvalue weighted by Gasteiger charge is 2.15. The van der Waals surface area contributed by atoms with Gasteiger partial charge in [-0.2, -0.15) is 0 Å². The molecule has 17 heavy (non-hydrogen) atoms. The van der Waals surface area contributed by atoms with Gasteiger partial charge in [0.15, 0.2) is 0 Å². The summed E-state index contributed by atoms with van der Waals surface area (Å²) in [6, 6.07) is 6.65. The minimum absolute atomic E-state index is 0.184. The third kappa shape index (κ3) is 4.07. The Bertz CT molecular complexity index is 336. The molecule has 1 N–H and O–H groups in total. The Morgan fingerprint density at radius 2 is 2.18 bits per heavy atom. The van der Waals surface area contributed by atoms with Crippen molar-refractivity contribution < 1.29 is 9.13 Å². The zero-order valence-electron chi connectivity index (χ0n) is 10.2. The van der Waals surface area contributed by atoms with Gasteiger partial charge in [0.05, 0.1) is 12.7 Å². The molecule has 0 bridgehead atoms. The zero-order valence-corrected chi connectivity index (χ0v) is 10.2. The van der Waals surface area contributed by atoms with Crippen molar-refractivity contribution >= 4 is 0 Å². The predicted molar refractivity (Wildman–Crippen MR) is 65.3 cm³/mol. The molecule has 0 aromatic heterocycles. The van der Waals surface area contributed by atoms with E-state index in [0.29, 0.717) is 0 Å². The molecule has 1 fully saturated rings. The molecule has 2 rings (SSSR count). The van der Waals surface area contributed by atoms with Crippen LogP contribution in [-0.4, -0.2) is 44.3 Å². The average molecular weight is 238 g/mol. The van der Waals surface area contributed by atoms with E-state index in [1.165, 1.54) is 12.1 Å². The lowest BCUT2D eigenvalue weighted by molar-refractivity contribution is 0.00884. The van der Waals surface area contributed by atoms with E-state index in [1.54, 1.807) is 0 Å². The second-order valence-corrected chi connectivity index (χ2v) is 4.52. The normalized spacial score (nSPS) is 20.8. The summed E-state index contributed by atoms with van der Waals surface area (Å²) in [5.74, 6) is -0.184. The molecule has 0 aliphatic carbocycles. The predicted octanol–water partition coefficient (Wildman–Crippen LogP) is 1.25. The first kappa shape index (κ1) is 12.5. The van der Waals surface area contributed by atoms with Crippen molar-refractivity contribution in [2.45, 2.75) is 12.6 Å². The van der Waals surface area contributed by atoms with E-state index >= 15 is 0 Å². The fourth-order valence-corrected chi connectivity index (χ4v) is 2.05. The van der Waals surface area contributed by atoms with Crippen LogP contribution in [0.15, 0.2) is 24.3 Å². The number of hydrogen-bond acceptors (Lipinski definition) is 3. The maximum Gasteiger partial charge on any atom is 0.123 e. The number of benzene rings is 1. The topological polar surface area (TPSA) is 24.5 Å². The van der Waals surface area contributed by atoms with Gasteiger partial charge < -0.3 is 10.1 Å². The third-order valence-corrected chi connectivity index (χ3v) is 2.89. The van der Waals surface area contributed by atoms with Gasteiger partial charge in [0, 0.05) is 26.2 Å². The van der Waals surface area contributed by atoms with Crippen LogP contribution < -0.4 is 5.32 Å². The van der Waals surface area contributed by atoms with Crippen molar-refractivity contribution in [2.75, 3.05) is 33.3 Å². The van der Waals surface area contributed by atoms with Crippen molar-refractivity contribution in [1.29, 1.82) is 0 Å². The Morgan fingerprint density at radius 1 is 1.41 bits per heavy atom. The molecule has 4 heteroatoms. The van der Waals surface area contributed by atoms with Gasteiger partial charge in [0.2, 0.25) is 0 Å². The van der Waals surface area contributed by atoms with Gasteiger partial charge in [0.25, 0.3) is 0 Å². The number of ether oxygens (including phenoxy) is 1. The monoisotopic (exact) mass is 238 g/mol. The van der Waals surface area contributed by atoms with Gasteiger partial charge in [-0.05, 0) is 24.7 Å². The molecule has 1 aromatic carbocycles. The van der Waals surface area contributed by atoms with Gasteiger partial charge in [-0.1, -0.05) is 12.1 Å². The van der Waals surface area contributed by atoms with E-state index < -0.39 is 0 Å². The van der Waals surface area contributed by atoms with Crippen molar-refractivity contribution in [2.24, 2.45) is 0 Å². The second kappa shape index (κ2) is 6.10. The number of likely N-dealkylation sites (N-methyl/N-ethyl adjacent to an activating group) is 1. The van der Waals surface area contributed by atoms with Crippen LogP contribution in [0.5, 0.6) is 0 Å². The van der Waals surface area contributed by atoms with Gasteiger partial charge >= 0.3 is 0 Å². The van der Waals surface area contributed by atoms with E-state index in [4.69, 9.17) is 4.74 Å². The molecule has 1 unspecified atom stereocenters. The Morgan fingerprint density at radius 3 is 2.82 bits per heavy atom. The number of nitrogens with zero attached hydrogens (tertiary/aromatic N) is 1. The fraction of sp³-hybridized carbons (Fsp3) is 0.538. The van der Waals surface area contributed by atoms with Gasteiger partial charge in [-0.15, -0.1) is 0 Å². The molecule has 1 aliphatic heterocycles. The number of hydrogen-bond donors (Lipinski definition) is 1. The first-order chi connectivity index (χ1) is 8.24. The van der Waals surface area contributed by atoms with Crippen LogP contribution in [0.4, 0.5) is 4.39 Å². The highest BCUT2D eigenvalue weighted by Crippen LogP contribution is 2.07. The van der Waals surface area contributed by atoms with Crippen LogP contribution in [0.1, 0.15) is 5.56 Å². The third-order valence-electron chi connectivity index (χ3n) is 2.89. The number of halogens is 1. The smallest absolute Gasteiger partial charge is 0.123 e. The number of nitrogens with one attached hydrogen (secondary N) is 1. The summed E-state index contributed by atoms with van der Waals surface area (Å²) < 4.78 is 18.4. The largest absolute Gasteiger partial charge is 0.374 e. The van der Waals surface area contributed by atoms with Gasteiger partial charge in [-0.25, -0.2) is 4.39 Å². The quantitative estimate of drug-likeness (QED) is 0.854. The molecule has 0 saturated carbocycles. The minimum atomic E-state index is -0.184. The van der Waals surface area contributed by atoms with Crippen LogP contribution in [0.25, 0.3) is 0 Å². The van der Waals surface area contributed by atoms with Crippen molar-refractivity contribution in [3.05, 3.63) is 35.6 Å². The second-order valence-electron chi connectivity index (χ2n) is 4.52. The van der Waals surface area contributed by atoms with Crippen molar-refractivity contribution in [3.63, 3.8) is 0 Å². The summed E-state index contributed by atoms with van der Waals surface area (Å²) in [6.45, 7) is 4.35. The van der Waals surface area contributed by atoms with E-state index in [1.807, 2.05) is 12.1 Å². The molecule has 3 nitrogen and oxygen atoms in total. The molecule has 1 aliphatic rings. The molecule has 1 heterocycles. The first-order valence-corrected chi connectivity index (χ1v) is 5.99. The minimum Gasteiger partial charge on any atom is -0.374 e. The number of rotatable bonds is 4. The lowest BCUT2D eigenvalue weighted by Gasteiger charge is -2.28. The van der Waals surface area contributed by atoms with Crippen LogP contribution in [0, 0.1) is 5.82 Å². The summed E-state index contributed by atoms with van der Waals surface area (Å²) in [5.41, 5.74) is 1.12. The lowest BCUT2D eigenvalue weighted by atomic mass is 10.2. The van der Waals surface area contributed by atoms with Crippen LogP contribution >= 0.6 is 0 Å². The van der Waals surface area contributed by atoms with Crippen molar-refractivity contribution in [1.82, 2.24) is 10.2 Å². The van der Waals surface area contributed by atoms with Crippen molar-refractivity contribution in [3.8, 4) is 0 Å². The molecule has 0 amide bonds. The maximum absolute atomic E-state index is 12.8. The van der Waals surface area contributed by atoms with Crippen LogP contribution in [-0.2, 0) is 11.3 Å². The summed E-state index contributed by atoms with van der Waals surface area (Å²) in [7, 11) is 2.06. The molecule has 94 valence electrons. The fourth-order valence-electron chi connectivity index (χ4n) is 2.05. The lowest BCUT2D eigenvalue weighted by Crippen LogP contribution is -2.44. The Kier molecular flexibility index (Phi) is 4.48. The Hall–Kier alpha value is -0.970. The number of morpholine rings is 1. The van der Waals surface area contributed by atoms with Gasteiger partial charge in [0.1, 0.15) is 5.82 Å². The Balaban J connectivity index is 1.79. The Labute approximate surface area is 102 Å². The molecule has 0 spiro atoms. The maximum atomic E-state index is 12.8. The molecular weight excluding hydrogens is 219 g/mol.